The lowest BCUT2D eigenvalue weighted by molar-refractivity contribution is 0.0707. The molecule has 0 bridgehead atoms. The molecule has 0 spiro atoms. The number of hydrogen-bond acceptors (Lipinski definition) is 3. The molecule has 2 rings (SSSR count). The second kappa shape index (κ2) is 7.12. The molecule has 1 atom stereocenters. The molecule has 1 heterocycles. The van der Waals surface area contributed by atoms with E-state index in [0.717, 1.165) is 23.9 Å². The standard InChI is InChI=1S/C13H17BrN2O2.ClH/c1-18-10-4-5-12(14)11(7-10)13(17)16-6-2-3-9(15)8-16;/h4-5,7,9H,2-3,6,8,15H2,1H3;1H/t9-;/m1./s1. The van der Waals surface area contributed by atoms with E-state index in [0.29, 0.717) is 17.9 Å². The molecule has 1 aromatic carbocycles. The van der Waals surface area contributed by atoms with Crippen LogP contribution in [0, 0.1) is 0 Å². The summed E-state index contributed by atoms with van der Waals surface area (Å²) in [4.78, 5) is 14.2. The molecule has 1 fully saturated rings. The number of halogens is 2. The number of likely N-dealkylation sites (tertiary alicyclic amines) is 1. The van der Waals surface area contributed by atoms with Gasteiger partial charge in [0, 0.05) is 23.6 Å². The van der Waals surface area contributed by atoms with E-state index >= 15 is 0 Å². The lowest BCUT2D eigenvalue weighted by atomic mass is 10.1. The Morgan fingerprint density at radius 1 is 1.53 bits per heavy atom. The summed E-state index contributed by atoms with van der Waals surface area (Å²) in [5, 5.41) is 0. The summed E-state index contributed by atoms with van der Waals surface area (Å²) in [5.74, 6) is 0.693. The number of carbonyl (C=O) groups excluding carboxylic acids is 1. The highest BCUT2D eigenvalue weighted by molar-refractivity contribution is 9.10. The third-order valence-corrected chi connectivity index (χ3v) is 3.84. The number of amides is 1. The maximum absolute atomic E-state index is 12.4. The summed E-state index contributed by atoms with van der Waals surface area (Å²) in [6.07, 6.45) is 1.96. The number of piperidine rings is 1. The first-order valence-corrected chi connectivity index (χ1v) is 6.79. The number of methoxy groups -OCH3 is 1. The van der Waals surface area contributed by atoms with Gasteiger partial charge in [-0.1, -0.05) is 0 Å². The van der Waals surface area contributed by atoms with Gasteiger partial charge in [-0.2, -0.15) is 0 Å². The van der Waals surface area contributed by atoms with Crippen LogP contribution in [0.5, 0.6) is 5.75 Å². The lowest BCUT2D eigenvalue weighted by Crippen LogP contribution is -2.45. The fourth-order valence-electron chi connectivity index (χ4n) is 2.16. The van der Waals surface area contributed by atoms with E-state index in [2.05, 4.69) is 15.9 Å². The molecule has 0 saturated carbocycles. The Bertz CT molecular complexity index is 456. The van der Waals surface area contributed by atoms with E-state index in [9.17, 15) is 4.79 Å². The highest BCUT2D eigenvalue weighted by Crippen LogP contribution is 2.24. The molecule has 1 amide bonds. The molecule has 0 aliphatic carbocycles. The zero-order valence-electron chi connectivity index (χ0n) is 10.8. The van der Waals surface area contributed by atoms with Gasteiger partial charge in [-0.25, -0.2) is 0 Å². The first-order valence-electron chi connectivity index (χ1n) is 6.00. The number of hydrogen-bond donors (Lipinski definition) is 1. The van der Waals surface area contributed by atoms with Gasteiger partial charge in [0.15, 0.2) is 0 Å². The van der Waals surface area contributed by atoms with Crippen LogP contribution in [0.15, 0.2) is 22.7 Å². The maximum Gasteiger partial charge on any atom is 0.255 e. The van der Waals surface area contributed by atoms with Crippen LogP contribution in [0.1, 0.15) is 23.2 Å². The van der Waals surface area contributed by atoms with Crippen molar-refractivity contribution >= 4 is 34.2 Å². The van der Waals surface area contributed by atoms with Crippen LogP contribution in [0.3, 0.4) is 0 Å². The average Bonchev–Trinajstić information content (AvgIpc) is 2.38. The normalized spacial score (nSPS) is 18.7. The summed E-state index contributed by atoms with van der Waals surface area (Å²) in [7, 11) is 1.59. The van der Waals surface area contributed by atoms with Gasteiger partial charge in [-0.3, -0.25) is 4.79 Å². The first-order chi connectivity index (χ1) is 8.61. The second-order valence-corrected chi connectivity index (χ2v) is 5.35. The zero-order chi connectivity index (χ0) is 13.1. The number of nitrogens with two attached hydrogens (primary N) is 1. The van der Waals surface area contributed by atoms with Crippen molar-refractivity contribution in [1.82, 2.24) is 4.90 Å². The second-order valence-electron chi connectivity index (χ2n) is 4.50. The first kappa shape index (κ1) is 16.3. The summed E-state index contributed by atoms with van der Waals surface area (Å²) in [6.45, 7) is 1.40. The van der Waals surface area contributed by atoms with Crippen molar-refractivity contribution in [1.29, 1.82) is 0 Å². The smallest absolute Gasteiger partial charge is 0.255 e. The van der Waals surface area contributed by atoms with E-state index in [1.807, 2.05) is 17.0 Å². The molecule has 106 valence electrons. The van der Waals surface area contributed by atoms with Crippen LogP contribution in [0.25, 0.3) is 0 Å². The summed E-state index contributed by atoms with van der Waals surface area (Å²) in [5.41, 5.74) is 6.53. The van der Waals surface area contributed by atoms with E-state index in [4.69, 9.17) is 10.5 Å². The van der Waals surface area contributed by atoms with Crippen molar-refractivity contribution in [3.63, 3.8) is 0 Å². The summed E-state index contributed by atoms with van der Waals surface area (Å²) in [6, 6.07) is 5.50. The Kier molecular flexibility index (Phi) is 6.10. The van der Waals surface area contributed by atoms with Gasteiger partial charge in [0.2, 0.25) is 0 Å². The maximum atomic E-state index is 12.4. The molecule has 1 aliphatic rings. The largest absolute Gasteiger partial charge is 0.497 e. The van der Waals surface area contributed by atoms with Crippen molar-refractivity contribution in [2.24, 2.45) is 5.73 Å². The number of rotatable bonds is 2. The van der Waals surface area contributed by atoms with Crippen molar-refractivity contribution < 1.29 is 9.53 Å². The molecule has 0 unspecified atom stereocenters. The van der Waals surface area contributed by atoms with E-state index in [1.165, 1.54) is 0 Å². The number of nitrogens with zero attached hydrogens (tertiary/aromatic N) is 1. The predicted molar refractivity (Wildman–Crippen MR) is 81.1 cm³/mol. The molecule has 4 nitrogen and oxygen atoms in total. The average molecular weight is 350 g/mol. The molecule has 1 aromatic rings. The molecular formula is C13H18BrClN2O2. The van der Waals surface area contributed by atoms with Crippen molar-refractivity contribution in [3.8, 4) is 5.75 Å². The summed E-state index contributed by atoms with van der Waals surface area (Å²) < 4.78 is 5.94. The molecule has 1 aliphatic heterocycles. The van der Waals surface area contributed by atoms with Crippen LogP contribution < -0.4 is 10.5 Å². The fraction of sp³-hybridized carbons (Fsp3) is 0.462. The minimum absolute atomic E-state index is 0. The molecule has 1 saturated heterocycles. The SMILES string of the molecule is COc1ccc(Br)c(C(=O)N2CCC[C@@H](N)C2)c1.Cl. The van der Waals surface area contributed by atoms with Gasteiger partial charge in [-0.05, 0) is 47.0 Å². The highest BCUT2D eigenvalue weighted by atomic mass is 79.9. The Balaban J connectivity index is 0.00000180. The van der Waals surface area contributed by atoms with Gasteiger partial charge >= 0.3 is 0 Å². The molecule has 0 radical (unpaired) electrons. The predicted octanol–water partition coefficient (Wildman–Crippen LogP) is 2.44. The van der Waals surface area contributed by atoms with E-state index < -0.39 is 0 Å². The fourth-order valence-corrected chi connectivity index (χ4v) is 2.58. The van der Waals surface area contributed by atoms with Gasteiger partial charge in [-0.15, -0.1) is 12.4 Å². The van der Waals surface area contributed by atoms with Crippen LogP contribution in [0.4, 0.5) is 0 Å². The third-order valence-electron chi connectivity index (χ3n) is 3.15. The Labute approximate surface area is 127 Å². The molecule has 19 heavy (non-hydrogen) atoms. The molecule has 2 N–H and O–H groups in total. The van der Waals surface area contributed by atoms with Crippen molar-refractivity contribution in [2.45, 2.75) is 18.9 Å². The van der Waals surface area contributed by atoms with E-state index in [1.54, 1.807) is 13.2 Å². The topological polar surface area (TPSA) is 55.6 Å². The monoisotopic (exact) mass is 348 g/mol. The van der Waals surface area contributed by atoms with Gasteiger partial charge in [0.05, 0.1) is 12.7 Å². The zero-order valence-corrected chi connectivity index (χ0v) is 13.2. The Morgan fingerprint density at radius 3 is 2.89 bits per heavy atom. The quantitative estimate of drug-likeness (QED) is 0.892. The lowest BCUT2D eigenvalue weighted by Gasteiger charge is -2.31. The molecular weight excluding hydrogens is 332 g/mol. The number of benzene rings is 1. The summed E-state index contributed by atoms with van der Waals surface area (Å²) >= 11 is 3.41. The van der Waals surface area contributed by atoms with Crippen LogP contribution in [-0.4, -0.2) is 37.0 Å². The van der Waals surface area contributed by atoms with Crippen LogP contribution >= 0.6 is 28.3 Å². The van der Waals surface area contributed by atoms with Crippen LogP contribution in [-0.2, 0) is 0 Å². The minimum Gasteiger partial charge on any atom is -0.497 e. The van der Waals surface area contributed by atoms with Crippen molar-refractivity contribution in [2.75, 3.05) is 20.2 Å². The van der Waals surface area contributed by atoms with Gasteiger partial charge < -0.3 is 15.4 Å². The Hall–Kier alpha value is -0.780. The number of ether oxygens (including phenoxy) is 1. The molecule has 0 aromatic heterocycles. The third kappa shape index (κ3) is 3.84. The Morgan fingerprint density at radius 2 is 2.26 bits per heavy atom. The highest BCUT2D eigenvalue weighted by Gasteiger charge is 2.23. The van der Waals surface area contributed by atoms with Gasteiger partial charge in [0.25, 0.3) is 5.91 Å². The van der Waals surface area contributed by atoms with Crippen LogP contribution in [0.2, 0.25) is 0 Å². The van der Waals surface area contributed by atoms with Gasteiger partial charge in [0.1, 0.15) is 5.75 Å². The van der Waals surface area contributed by atoms with Crippen molar-refractivity contribution in [3.05, 3.63) is 28.2 Å². The van der Waals surface area contributed by atoms with E-state index in [-0.39, 0.29) is 24.4 Å². The number of carbonyl (C=O) groups is 1. The minimum atomic E-state index is 0. The molecule has 6 heteroatoms.